The van der Waals surface area contributed by atoms with Gasteiger partial charge in [-0.25, -0.2) is 13.1 Å². The Morgan fingerprint density at radius 1 is 1.33 bits per heavy atom. The van der Waals surface area contributed by atoms with Gasteiger partial charge >= 0.3 is 0 Å². The highest BCUT2D eigenvalue weighted by Crippen LogP contribution is 2.21. The summed E-state index contributed by atoms with van der Waals surface area (Å²) in [6.07, 6.45) is 5.71. The van der Waals surface area contributed by atoms with Gasteiger partial charge in [0.15, 0.2) is 0 Å². The average molecular weight is 352 g/mol. The van der Waals surface area contributed by atoms with Gasteiger partial charge in [-0.2, -0.15) is 0 Å². The van der Waals surface area contributed by atoms with Crippen LogP contribution in [0.3, 0.4) is 0 Å². The number of amides is 1. The lowest BCUT2D eigenvalue weighted by Gasteiger charge is -2.31. The highest BCUT2D eigenvalue weighted by atomic mass is 32.2. The second-order valence-electron chi connectivity index (χ2n) is 6.07. The molecule has 0 bridgehead atoms. The molecule has 1 heterocycles. The van der Waals surface area contributed by atoms with Crippen molar-refractivity contribution in [3.63, 3.8) is 0 Å². The normalized spacial score (nSPS) is 16.5. The summed E-state index contributed by atoms with van der Waals surface area (Å²) in [7, 11) is -1.60. The van der Waals surface area contributed by atoms with Crippen molar-refractivity contribution in [3.8, 4) is 5.75 Å². The van der Waals surface area contributed by atoms with E-state index in [0.29, 0.717) is 25.9 Å². The molecule has 0 radical (unpaired) electrons. The average Bonchev–Trinajstić information content (AvgIpc) is 2.52. The predicted molar refractivity (Wildman–Crippen MR) is 94.3 cm³/mol. The van der Waals surface area contributed by atoms with Gasteiger partial charge in [0.2, 0.25) is 15.9 Å². The third kappa shape index (κ3) is 5.35. The smallest absolute Gasteiger partial charge is 0.246 e. The zero-order chi connectivity index (χ0) is 17.7. The first-order valence-electron chi connectivity index (χ1n) is 7.87. The van der Waals surface area contributed by atoms with Crippen LogP contribution in [0.2, 0.25) is 0 Å². The van der Waals surface area contributed by atoms with Gasteiger partial charge in [-0.3, -0.25) is 4.79 Å². The molecule has 0 aromatic heterocycles. The number of aryl methyl sites for hydroxylation is 1. The Balaban J connectivity index is 1.95. The van der Waals surface area contributed by atoms with E-state index in [4.69, 9.17) is 4.74 Å². The first kappa shape index (κ1) is 18.5. The van der Waals surface area contributed by atoms with Crippen LogP contribution in [0.5, 0.6) is 5.75 Å². The first-order chi connectivity index (χ1) is 11.3. The minimum atomic E-state index is -3.20. The number of hydrogen-bond donors (Lipinski definition) is 1. The van der Waals surface area contributed by atoms with E-state index >= 15 is 0 Å². The summed E-state index contributed by atoms with van der Waals surface area (Å²) in [4.78, 5) is 14.0. The van der Waals surface area contributed by atoms with Gasteiger partial charge < -0.3 is 9.64 Å². The van der Waals surface area contributed by atoms with E-state index in [9.17, 15) is 13.2 Å². The third-order valence-electron chi connectivity index (χ3n) is 3.98. The molecular weight excluding hydrogens is 328 g/mol. The largest absolute Gasteiger partial charge is 0.496 e. The fourth-order valence-corrected chi connectivity index (χ4v) is 3.61. The molecule has 6 nitrogen and oxygen atoms in total. The SMILES string of the molecule is COc1ccc(C)cc1/C=C/C(=O)N1CCC(NS(C)(=O)=O)CC1. The molecule has 0 unspecified atom stereocenters. The topological polar surface area (TPSA) is 75.7 Å². The standard InChI is InChI=1S/C17H24N2O4S/c1-13-4-6-16(23-2)14(12-13)5-7-17(20)19-10-8-15(9-11-19)18-24(3,21)22/h4-7,12,15,18H,8-11H2,1-3H3/b7-5+. The Bertz CT molecular complexity index is 720. The summed E-state index contributed by atoms with van der Waals surface area (Å²) >= 11 is 0. The predicted octanol–water partition coefficient (Wildman–Crippen LogP) is 1.56. The molecule has 1 aliphatic heterocycles. The molecule has 1 aromatic rings. The van der Waals surface area contributed by atoms with Crippen LogP contribution < -0.4 is 9.46 Å². The molecule has 24 heavy (non-hydrogen) atoms. The Morgan fingerprint density at radius 3 is 2.58 bits per heavy atom. The molecule has 1 N–H and O–H groups in total. The number of methoxy groups -OCH3 is 1. The van der Waals surface area contributed by atoms with E-state index in [1.807, 2.05) is 25.1 Å². The zero-order valence-corrected chi connectivity index (χ0v) is 15.1. The molecule has 1 aromatic carbocycles. The lowest BCUT2D eigenvalue weighted by atomic mass is 10.1. The summed E-state index contributed by atoms with van der Waals surface area (Å²) < 4.78 is 30.4. The van der Waals surface area contributed by atoms with Gasteiger partial charge in [0.1, 0.15) is 5.75 Å². The highest BCUT2D eigenvalue weighted by Gasteiger charge is 2.23. The Kier molecular flexibility index (Phi) is 6.01. The maximum absolute atomic E-state index is 12.3. The second kappa shape index (κ2) is 7.81. The monoisotopic (exact) mass is 352 g/mol. The molecule has 0 saturated carbocycles. The van der Waals surface area contributed by atoms with E-state index in [-0.39, 0.29) is 11.9 Å². The highest BCUT2D eigenvalue weighted by molar-refractivity contribution is 7.88. The lowest BCUT2D eigenvalue weighted by Crippen LogP contribution is -2.45. The van der Waals surface area contributed by atoms with Gasteiger partial charge in [-0.05, 0) is 38.0 Å². The molecule has 1 aliphatic rings. The molecule has 2 rings (SSSR count). The zero-order valence-electron chi connectivity index (χ0n) is 14.3. The quantitative estimate of drug-likeness (QED) is 0.816. The van der Waals surface area contributed by atoms with Crippen molar-refractivity contribution in [1.82, 2.24) is 9.62 Å². The summed E-state index contributed by atoms with van der Waals surface area (Å²) in [6.45, 7) is 3.07. The second-order valence-corrected chi connectivity index (χ2v) is 7.85. The van der Waals surface area contributed by atoms with Crippen LogP contribution in [0.15, 0.2) is 24.3 Å². The van der Waals surface area contributed by atoms with Crippen molar-refractivity contribution >= 4 is 22.0 Å². The molecule has 0 aliphatic carbocycles. The van der Waals surface area contributed by atoms with E-state index in [0.717, 1.165) is 23.1 Å². The Morgan fingerprint density at radius 2 is 2.00 bits per heavy atom. The van der Waals surface area contributed by atoms with Crippen LogP contribution in [-0.2, 0) is 14.8 Å². The number of sulfonamides is 1. The van der Waals surface area contributed by atoms with Crippen molar-refractivity contribution in [1.29, 1.82) is 0 Å². The molecule has 0 spiro atoms. The van der Waals surface area contributed by atoms with Gasteiger partial charge in [-0.15, -0.1) is 0 Å². The van der Waals surface area contributed by atoms with E-state index in [2.05, 4.69) is 4.72 Å². The molecule has 7 heteroatoms. The number of benzene rings is 1. The lowest BCUT2D eigenvalue weighted by molar-refractivity contribution is -0.126. The fraction of sp³-hybridized carbons (Fsp3) is 0.471. The maximum atomic E-state index is 12.3. The fourth-order valence-electron chi connectivity index (χ4n) is 2.77. The number of ether oxygens (including phenoxy) is 1. The number of nitrogens with one attached hydrogen (secondary N) is 1. The van der Waals surface area contributed by atoms with Crippen LogP contribution >= 0.6 is 0 Å². The van der Waals surface area contributed by atoms with Crippen LogP contribution in [0.4, 0.5) is 0 Å². The van der Waals surface area contributed by atoms with Crippen molar-refractivity contribution in [2.45, 2.75) is 25.8 Å². The number of rotatable bonds is 5. The Hall–Kier alpha value is -1.86. The number of likely N-dealkylation sites (tertiary alicyclic amines) is 1. The van der Waals surface area contributed by atoms with Crippen LogP contribution in [0.1, 0.15) is 24.0 Å². The number of nitrogens with zero attached hydrogens (tertiary/aromatic N) is 1. The molecule has 132 valence electrons. The van der Waals surface area contributed by atoms with Gasteiger partial charge in [0.25, 0.3) is 0 Å². The first-order valence-corrected chi connectivity index (χ1v) is 9.76. The minimum Gasteiger partial charge on any atom is -0.496 e. The maximum Gasteiger partial charge on any atom is 0.246 e. The number of piperidine rings is 1. The Labute approximate surface area is 143 Å². The van der Waals surface area contributed by atoms with Gasteiger partial charge in [0.05, 0.1) is 13.4 Å². The van der Waals surface area contributed by atoms with Crippen LogP contribution in [0.25, 0.3) is 6.08 Å². The van der Waals surface area contributed by atoms with Crippen LogP contribution in [-0.4, -0.2) is 51.7 Å². The van der Waals surface area contributed by atoms with Gasteiger partial charge in [0, 0.05) is 30.8 Å². The number of carbonyl (C=O) groups excluding carboxylic acids is 1. The van der Waals surface area contributed by atoms with Crippen LogP contribution in [0, 0.1) is 6.92 Å². The molecule has 1 fully saturated rings. The molecule has 0 atom stereocenters. The van der Waals surface area contributed by atoms with Crippen molar-refractivity contribution < 1.29 is 17.9 Å². The summed E-state index contributed by atoms with van der Waals surface area (Å²) in [5.41, 5.74) is 1.95. The van der Waals surface area contributed by atoms with Gasteiger partial charge in [-0.1, -0.05) is 11.6 Å². The van der Waals surface area contributed by atoms with E-state index in [1.54, 1.807) is 24.2 Å². The molecule has 1 saturated heterocycles. The molecular formula is C17H24N2O4S. The van der Waals surface area contributed by atoms with Crippen molar-refractivity contribution in [2.75, 3.05) is 26.5 Å². The summed E-state index contributed by atoms with van der Waals surface area (Å²) in [5, 5.41) is 0. The van der Waals surface area contributed by atoms with Crippen molar-refractivity contribution in [3.05, 3.63) is 35.4 Å². The summed E-state index contributed by atoms with van der Waals surface area (Å²) in [6, 6.07) is 5.70. The number of carbonyl (C=O) groups is 1. The summed E-state index contributed by atoms with van der Waals surface area (Å²) in [5.74, 6) is 0.650. The van der Waals surface area contributed by atoms with E-state index in [1.165, 1.54) is 0 Å². The van der Waals surface area contributed by atoms with Crippen molar-refractivity contribution in [2.24, 2.45) is 0 Å². The minimum absolute atomic E-state index is 0.0728. The molecule has 1 amide bonds. The number of hydrogen-bond acceptors (Lipinski definition) is 4. The third-order valence-corrected chi connectivity index (χ3v) is 4.74. The van der Waals surface area contributed by atoms with E-state index < -0.39 is 10.0 Å².